The minimum absolute atomic E-state index is 0.156. The molecule has 2 aliphatic heterocycles. The van der Waals surface area contributed by atoms with Crippen molar-refractivity contribution in [1.82, 2.24) is 25.5 Å². The van der Waals surface area contributed by atoms with Crippen LogP contribution in [-0.2, 0) is 4.79 Å². The summed E-state index contributed by atoms with van der Waals surface area (Å²) in [6.45, 7) is 4.52. The van der Waals surface area contributed by atoms with Crippen molar-refractivity contribution in [2.45, 2.75) is 38.0 Å². The highest BCUT2D eigenvalue weighted by atomic mass is 16.1. The van der Waals surface area contributed by atoms with Gasteiger partial charge >= 0.3 is 0 Å². The van der Waals surface area contributed by atoms with Crippen molar-refractivity contribution >= 4 is 39.8 Å². The fourth-order valence-corrected chi connectivity index (χ4v) is 6.12. The van der Waals surface area contributed by atoms with Gasteiger partial charge in [-0.15, -0.1) is 0 Å². The smallest absolute Gasteiger partial charge is 0.254 e. The molecule has 1 atom stereocenters. The molecular weight excluding hydrogens is 452 g/mol. The van der Waals surface area contributed by atoms with Crippen molar-refractivity contribution in [3.63, 3.8) is 0 Å². The number of aromatic nitrogens is 2. The number of amides is 1. The summed E-state index contributed by atoms with van der Waals surface area (Å²) in [6.07, 6.45) is 7.77. The monoisotopic (exact) mass is 490 g/mol. The van der Waals surface area contributed by atoms with Crippen molar-refractivity contribution < 1.29 is 9.59 Å². The van der Waals surface area contributed by atoms with Crippen LogP contribution in [0.15, 0.2) is 24.4 Å². The third-order valence-electron chi connectivity index (χ3n) is 8.32. The third kappa shape index (κ3) is 4.48. The normalized spacial score (nSPS) is 21.8. The molecule has 2 aliphatic rings. The predicted octanol–water partition coefficient (Wildman–Crippen LogP) is 3.28. The van der Waals surface area contributed by atoms with E-state index in [0.717, 1.165) is 92.2 Å². The molecule has 36 heavy (non-hydrogen) atoms. The van der Waals surface area contributed by atoms with Gasteiger partial charge in [-0.05, 0) is 83.4 Å². The molecule has 192 valence electrons. The van der Waals surface area contributed by atoms with E-state index in [1.165, 1.54) is 5.56 Å². The van der Waals surface area contributed by atoms with Crippen molar-refractivity contribution in [1.29, 1.82) is 0 Å². The van der Waals surface area contributed by atoms with Crippen LogP contribution in [0.5, 0.6) is 0 Å². The Morgan fingerprint density at radius 3 is 2.78 bits per heavy atom. The molecular formula is C28H38N6O2. The van der Waals surface area contributed by atoms with E-state index < -0.39 is 0 Å². The first-order chi connectivity index (χ1) is 17.5. The second kappa shape index (κ2) is 10.2. The number of likely N-dealkylation sites (tertiary alicyclic amines) is 1. The Hall–Kier alpha value is -2.97. The van der Waals surface area contributed by atoms with E-state index in [1.54, 1.807) is 13.2 Å². The van der Waals surface area contributed by atoms with Gasteiger partial charge in [0.05, 0.1) is 16.5 Å². The molecule has 0 saturated carbocycles. The Morgan fingerprint density at radius 2 is 2.06 bits per heavy atom. The van der Waals surface area contributed by atoms with Gasteiger partial charge in [0.2, 0.25) is 0 Å². The number of benzene rings is 1. The topological polar surface area (TPSA) is 93.4 Å². The van der Waals surface area contributed by atoms with E-state index in [2.05, 4.69) is 50.7 Å². The summed E-state index contributed by atoms with van der Waals surface area (Å²) in [7, 11) is 5.76. The van der Waals surface area contributed by atoms with Gasteiger partial charge in [-0.1, -0.05) is 12.1 Å². The molecule has 3 aromatic rings. The highest BCUT2D eigenvalue weighted by Crippen LogP contribution is 2.40. The summed E-state index contributed by atoms with van der Waals surface area (Å²) in [4.78, 5) is 38.1. The number of carbonyl (C=O) groups excluding carboxylic acids is 2. The summed E-state index contributed by atoms with van der Waals surface area (Å²) in [5.74, 6) is 1.25. The molecule has 1 unspecified atom stereocenters. The van der Waals surface area contributed by atoms with Crippen molar-refractivity contribution in [3.8, 4) is 0 Å². The first-order valence-corrected chi connectivity index (χ1v) is 13.2. The number of aromatic amines is 1. The first kappa shape index (κ1) is 24.7. The number of carbonyl (C=O) groups is 2. The molecule has 0 radical (unpaired) electrons. The lowest BCUT2D eigenvalue weighted by Gasteiger charge is -2.40. The number of anilines is 1. The molecule has 2 fully saturated rings. The van der Waals surface area contributed by atoms with E-state index in [0.29, 0.717) is 18.0 Å². The van der Waals surface area contributed by atoms with Gasteiger partial charge < -0.3 is 30.2 Å². The Balaban J connectivity index is 1.60. The van der Waals surface area contributed by atoms with Crippen molar-refractivity contribution in [2.24, 2.45) is 5.41 Å². The first-order valence-electron chi connectivity index (χ1n) is 13.2. The minimum Gasteiger partial charge on any atom is -0.355 e. The van der Waals surface area contributed by atoms with Crippen LogP contribution >= 0.6 is 0 Å². The van der Waals surface area contributed by atoms with Gasteiger partial charge in [-0.3, -0.25) is 4.79 Å². The Bertz CT molecular complexity index is 1260. The minimum atomic E-state index is -0.387. The molecule has 3 N–H and O–H groups in total. The standard InChI is InChI=1S/C28H38N6O2/c1-29-11-10-28(18-35)9-4-12-34(17-28)26-24-21-6-5-20(19-7-13-33(3)14-8-19)15-23(21)32-25(24)22(16-31-26)27(36)30-2/h5-6,15-16,18-19,29,32H,4,7-14,17H2,1-3H3,(H,30,36). The van der Waals surface area contributed by atoms with E-state index in [9.17, 15) is 9.59 Å². The third-order valence-corrected chi connectivity index (χ3v) is 8.32. The Labute approximate surface area is 212 Å². The fraction of sp³-hybridized carbons (Fsp3) is 0.536. The van der Waals surface area contributed by atoms with Crippen LogP contribution in [-0.4, -0.2) is 80.9 Å². The molecule has 0 spiro atoms. The number of hydrogen-bond acceptors (Lipinski definition) is 6. The number of rotatable bonds is 7. The molecule has 4 heterocycles. The Kier molecular flexibility index (Phi) is 6.99. The van der Waals surface area contributed by atoms with Gasteiger partial charge in [-0.2, -0.15) is 0 Å². The maximum atomic E-state index is 12.8. The Morgan fingerprint density at radius 1 is 1.25 bits per heavy atom. The summed E-state index contributed by atoms with van der Waals surface area (Å²) in [6, 6.07) is 6.71. The lowest BCUT2D eigenvalue weighted by Crippen LogP contribution is -2.46. The zero-order valence-corrected chi connectivity index (χ0v) is 21.7. The number of pyridine rings is 1. The van der Waals surface area contributed by atoms with Gasteiger partial charge in [0, 0.05) is 42.7 Å². The second-order valence-electron chi connectivity index (χ2n) is 10.7. The van der Waals surface area contributed by atoms with E-state index in [1.807, 2.05) is 7.05 Å². The highest BCUT2D eigenvalue weighted by Gasteiger charge is 2.36. The molecule has 2 aromatic heterocycles. The van der Waals surface area contributed by atoms with E-state index in [-0.39, 0.29) is 11.3 Å². The molecule has 0 bridgehead atoms. The zero-order chi connectivity index (χ0) is 25.3. The van der Waals surface area contributed by atoms with Crippen LogP contribution in [0.25, 0.3) is 21.8 Å². The molecule has 8 heteroatoms. The van der Waals surface area contributed by atoms with Gasteiger partial charge in [0.1, 0.15) is 12.1 Å². The SMILES string of the molecule is CNCCC1(C=O)CCCN(c2ncc(C(=O)NC)c3[nH]c4cc(C5CCN(C)CC5)ccc4c23)C1. The van der Waals surface area contributed by atoms with Gasteiger partial charge in [0.15, 0.2) is 0 Å². The van der Waals surface area contributed by atoms with Crippen molar-refractivity contribution in [2.75, 3.05) is 58.8 Å². The van der Waals surface area contributed by atoms with Crippen LogP contribution in [0, 0.1) is 5.41 Å². The van der Waals surface area contributed by atoms with Crippen LogP contribution in [0.2, 0.25) is 0 Å². The average molecular weight is 491 g/mol. The van der Waals surface area contributed by atoms with Gasteiger partial charge in [-0.25, -0.2) is 4.98 Å². The van der Waals surface area contributed by atoms with E-state index >= 15 is 0 Å². The van der Waals surface area contributed by atoms with Crippen LogP contribution in [0.3, 0.4) is 0 Å². The second-order valence-corrected chi connectivity index (χ2v) is 10.7. The zero-order valence-electron chi connectivity index (χ0n) is 21.7. The molecule has 2 saturated heterocycles. The van der Waals surface area contributed by atoms with Crippen LogP contribution in [0.4, 0.5) is 5.82 Å². The number of aldehydes is 1. The number of H-pyrrole nitrogens is 1. The summed E-state index contributed by atoms with van der Waals surface area (Å²) < 4.78 is 0. The quantitative estimate of drug-likeness (QED) is 0.440. The van der Waals surface area contributed by atoms with Crippen molar-refractivity contribution in [3.05, 3.63) is 35.5 Å². The maximum Gasteiger partial charge on any atom is 0.254 e. The molecule has 0 aliphatic carbocycles. The van der Waals surface area contributed by atoms with E-state index in [4.69, 9.17) is 4.98 Å². The van der Waals surface area contributed by atoms with Crippen LogP contribution in [0.1, 0.15) is 53.9 Å². The largest absolute Gasteiger partial charge is 0.355 e. The number of nitrogens with zero attached hydrogens (tertiary/aromatic N) is 3. The van der Waals surface area contributed by atoms with Gasteiger partial charge in [0.25, 0.3) is 5.91 Å². The number of fused-ring (bicyclic) bond motifs is 3. The predicted molar refractivity (Wildman–Crippen MR) is 145 cm³/mol. The molecule has 1 amide bonds. The lowest BCUT2D eigenvalue weighted by molar-refractivity contribution is -0.117. The molecule has 8 nitrogen and oxygen atoms in total. The number of hydrogen-bond donors (Lipinski definition) is 3. The highest BCUT2D eigenvalue weighted by molar-refractivity contribution is 6.18. The maximum absolute atomic E-state index is 12.8. The molecule has 1 aromatic carbocycles. The fourth-order valence-electron chi connectivity index (χ4n) is 6.12. The summed E-state index contributed by atoms with van der Waals surface area (Å²) in [5.41, 5.74) is 3.36. The van der Waals surface area contributed by atoms with Crippen LogP contribution < -0.4 is 15.5 Å². The molecule has 5 rings (SSSR count). The summed E-state index contributed by atoms with van der Waals surface area (Å²) in [5, 5.41) is 8.00. The average Bonchev–Trinajstić information content (AvgIpc) is 3.30. The number of piperidine rings is 2. The lowest BCUT2D eigenvalue weighted by atomic mass is 9.78. The number of nitrogens with one attached hydrogen (secondary N) is 3. The summed E-state index contributed by atoms with van der Waals surface area (Å²) >= 11 is 0.